The van der Waals surface area contributed by atoms with Gasteiger partial charge in [0.25, 0.3) is 5.91 Å². The average Bonchev–Trinajstić information content (AvgIpc) is 2.84. The molecule has 2 rings (SSSR count). The third-order valence-electron chi connectivity index (χ3n) is 3.77. The molecule has 1 atom stereocenters. The van der Waals surface area contributed by atoms with Gasteiger partial charge in [-0.15, -0.1) is 0 Å². The molecule has 7 nitrogen and oxygen atoms in total. The number of likely N-dealkylation sites (N-methyl/N-ethyl adjacent to an activating group) is 1. The van der Waals surface area contributed by atoms with E-state index in [2.05, 4.69) is 5.32 Å². The summed E-state index contributed by atoms with van der Waals surface area (Å²) < 4.78 is 22.9. The predicted molar refractivity (Wildman–Crippen MR) is 83.3 cm³/mol. The molecule has 8 heteroatoms. The Morgan fingerprint density at radius 3 is 2.64 bits per heavy atom. The number of primary amides is 1. The van der Waals surface area contributed by atoms with Crippen molar-refractivity contribution in [2.24, 2.45) is 5.73 Å². The van der Waals surface area contributed by atoms with Crippen molar-refractivity contribution in [2.75, 3.05) is 30.4 Å². The van der Waals surface area contributed by atoms with Crippen molar-refractivity contribution in [2.45, 2.75) is 12.5 Å². The van der Waals surface area contributed by atoms with Crippen LogP contribution in [0.25, 0.3) is 0 Å². The fourth-order valence-electron chi connectivity index (χ4n) is 2.43. The molecule has 1 heterocycles. The normalized spacial score (nSPS) is 19.6. The maximum absolute atomic E-state index is 12.1. The summed E-state index contributed by atoms with van der Waals surface area (Å²) >= 11 is 0. The van der Waals surface area contributed by atoms with Crippen molar-refractivity contribution in [1.29, 1.82) is 0 Å². The quantitative estimate of drug-likeness (QED) is 0.782. The molecule has 2 amide bonds. The molecule has 22 heavy (non-hydrogen) atoms. The van der Waals surface area contributed by atoms with Gasteiger partial charge in [-0.25, -0.2) is 8.42 Å². The van der Waals surface area contributed by atoms with Crippen LogP contribution in [0.3, 0.4) is 0 Å². The van der Waals surface area contributed by atoms with Crippen LogP contribution in [0.2, 0.25) is 0 Å². The van der Waals surface area contributed by atoms with Crippen LogP contribution in [0.1, 0.15) is 16.8 Å². The topological polar surface area (TPSA) is 110 Å². The molecule has 120 valence electrons. The molecular formula is C14H19N3O4S. The minimum Gasteiger partial charge on any atom is -0.376 e. The van der Waals surface area contributed by atoms with Crippen LogP contribution in [0, 0.1) is 0 Å². The van der Waals surface area contributed by atoms with E-state index < -0.39 is 15.7 Å². The molecule has 1 aromatic rings. The number of benzene rings is 1. The number of nitrogens with two attached hydrogens (primary N) is 1. The maximum atomic E-state index is 12.1. The first-order chi connectivity index (χ1) is 10.3. The van der Waals surface area contributed by atoms with Gasteiger partial charge in [0.05, 0.1) is 23.6 Å². The molecule has 3 N–H and O–H groups in total. The number of carbonyl (C=O) groups is 2. The largest absolute Gasteiger partial charge is 0.376 e. The average molecular weight is 325 g/mol. The van der Waals surface area contributed by atoms with Gasteiger partial charge >= 0.3 is 0 Å². The van der Waals surface area contributed by atoms with Crippen molar-refractivity contribution in [1.82, 2.24) is 4.90 Å². The number of amides is 2. The Kier molecular flexibility index (Phi) is 4.70. The van der Waals surface area contributed by atoms with Crippen molar-refractivity contribution >= 4 is 27.3 Å². The number of nitrogens with zero attached hydrogens (tertiary/aromatic N) is 1. The number of hydrogen-bond donors (Lipinski definition) is 2. The molecule has 0 aromatic heterocycles. The van der Waals surface area contributed by atoms with E-state index in [9.17, 15) is 18.0 Å². The highest BCUT2D eigenvalue weighted by atomic mass is 32.2. The second-order valence-corrected chi connectivity index (χ2v) is 7.55. The van der Waals surface area contributed by atoms with Gasteiger partial charge in [-0.3, -0.25) is 9.59 Å². The zero-order valence-corrected chi connectivity index (χ0v) is 13.1. The van der Waals surface area contributed by atoms with E-state index in [4.69, 9.17) is 5.73 Å². The Hall–Kier alpha value is -2.09. The summed E-state index contributed by atoms with van der Waals surface area (Å²) in [5, 5.41) is 2.88. The fraction of sp³-hybridized carbons (Fsp3) is 0.429. The molecule has 1 aliphatic rings. The first-order valence-corrected chi connectivity index (χ1v) is 8.71. The second kappa shape index (κ2) is 6.35. The Morgan fingerprint density at radius 1 is 1.36 bits per heavy atom. The van der Waals surface area contributed by atoms with Crippen LogP contribution >= 0.6 is 0 Å². The number of carbonyl (C=O) groups excluding carboxylic acids is 2. The highest BCUT2D eigenvalue weighted by molar-refractivity contribution is 7.91. The lowest BCUT2D eigenvalue weighted by Gasteiger charge is -2.24. The Labute approximate surface area is 129 Å². The van der Waals surface area contributed by atoms with Crippen LogP contribution in [0.4, 0.5) is 5.69 Å². The zero-order chi connectivity index (χ0) is 16.3. The molecule has 0 radical (unpaired) electrons. The Morgan fingerprint density at radius 2 is 2.05 bits per heavy atom. The molecule has 0 saturated carbocycles. The summed E-state index contributed by atoms with van der Waals surface area (Å²) in [6.07, 6.45) is 0.461. The van der Waals surface area contributed by atoms with Crippen molar-refractivity contribution < 1.29 is 18.0 Å². The second-order valence-electron chi connectivity index (χ2n) is 5.32. The maximum Gasteiger partial charge on any atom is 0.250 e. The molecule has 1 aromatic carbocycles. The third kappa shape index (κ3) is 3.76. The summed E-state index contributed by atoms with van der Waals surface area (Å²) in [7, 11) is -1.44. The molecule has 0 bridgehead atoms. The third-order valence-corrected chi connectivity index (χ3v) is 5.52. The van der Waals surface area contributed by atoms with Gasteiger partial charge in [0.2, 0.25) is 5.91 Å². The van der Waals surface area contributed by atoms with E-state index in [1.807, 2.05) is 0 Å². The van der Waals surface area contributed by atoms with Gasteiger partial charge in [-0.05, 0) is 18.6 Å². The van der Waals surface area contributed by atoms with E-state index in [1.165, 1.54) is 4.90 Å². The van der Waals surface area contributed by atoms with Crippen molar-refractivity contribution in [3.8, 4) is 0 Å². The van der Waals surface area contributed by atoms with Gasteiger partial charge in [0.15, 0.2) is 9.84 Å². The summed E-state index contributed by atoms with van der Waals surface area (Å²) in [6.45, 7) is -0.0304. The van der Waals surface area contributed by atoms with Crippen LogP contribution in [0.15, 0.2) is 24.3 Å². The first-order valence-electron chi connectivity index (χ1n) is 6.89. The lowest BCUT2D eigenvalue weighted by molar-refractivity contribution is -0.129. The van der Waals surface area contributed by atoms with Gasteiger partial charge < -0.3 is 16.0 Å². The molecule has 1 fully saturated rings. The monoisotopic (exact) mass is 325 g/mol. The minimum atomic E-state index is -3.03. The highest BCUT2D eigenvalue weighted by Gasteiger charge is 2.32. The van der Waals surface area contributed by atoms with E-state index in [1.54, 1.807) is 31.3 Å². The molecule has 1 aliphatic heterocycles. The molecule has 0 spiro atoms. The van der Waals surface area contributed by atoms with E-state index in [0.29, 0.717) is 17.7 Å². The van der Waals surface area contributed by atoms with Gasteiger partial charge in [0.1, 0.15) is 0 Å². The van der Waals surface area contributed by atoms with Crippen LogP contribution in [0.5, 0.6) is 0 Å². The Balaban J connectivity index is 1.97. The van der Waals surface area contributed by atoms with Crippen LogP contribution in [-0.2, 0) is 14.6 Å². The van der Waals surface area contributed by atoms with E-state index in [-0.39, 0.29) is 30.0 Å². The number of nitrogens with one attached hydrogen (secondary N) is 1. The number of hydrogen-bond acceptors (Lipinski definition) is 5. The molecule has 0 unspecified atom stereocenters. The van der Waals surface area contributed by atoms with Gasteiger partial charge in [-0.1, -0.05) is 12.1 Å². The van der Waals surface area contributed by atoms with Crippen molar-refractivity contribution in [3.05, 3.63) is 29.8 Å². The lowest BCUT2D eigenvalue weighted by Crippen LogP contribution is -2.41. The SMILES string of the molecule is CN(C(=O)CNc1ccccc1C(N)=O)[C@@H]1CCS(=O)(=O)C1. The minimum absolute atomic E-state index is 0.00706. The Bertz CT molecular complexity index is 687. The zero-order valence-electron chi connectivity index (χ0n) is 12.3. The number of sulfone groups is 1. The van der Waals surface area contributed by atoms with Gasteiger partial charge in [-0.2, -0.15) is 0 Å². The smallest absolute Gasteiger partial charge is 0.250 e. The molecular weight excluding hydrogens is 306 g/mol. The molecule has 0 aliphatic carbocycles. The predicted octanol–water partition coefficient (Wildman–Crippen LogP) is -0.157. The van der Waals surface area contributed by atoms with Gasteiger partial charge in [0, 0.05) is 18.8 Å². The van der Waals surface area contributed by atoms with E-state index >= 15 is 0 Å². The summed E-state index contributed by atoms with van der Waals surface area (Å²) in [5.74, 6) is -0.687. The highest BCUT2D eigenvalue weighted by Crippen LogP contribution is 2.17. The van der Waals surface area contributed by atoms with Crippen LogP contribution < -0.4 is 11.1 Å². The van der Waals surface area contributed by atoms with E-state index in [0.717, 1.165) is 0 Å². The standard InChI is InChI=1S/C14H19N3O4S/c1-17(10-6-7-22(20,21)9-10)13(18)8-16-12-5-3-2-4-11(12)14(15)19/h2-5,10,16H,6-9H2,1H3,(H2,15,19)/t10-/m1/s1. The molecule has 1 saturated heterocycles. The summed E-state index contributed by atoms with van der Waals surface area (Å²) in [5.41, 5.74) is 6.06. The first kappa shape index (κ1) is 16.3. The number of rotatable bonds is 5. The van der Waals surface area contributed by atoms with Crippen molar-refractivity contribution in [3.63, 3.8) is 0 Å². The lowest BCUT2D eigenvalue weighted by atomic mass is 10.1. The summed E-state index contributed by atoms with van der Waals surface area (Å²) in [4.78, 5) is 24.9. The summed E-state index contributed by atoms with van der Waals surface area (Å²) in [6, 6.07) is 6.36. The van der Waals surface area contributed by atoms with Crippen LogP contribution in [-0.4, -0.2) is 56.3 Å². The number of anilines is 1. The number of para-hydroxylation sites is 1. The fourth-order valence-corrected chi connectivity index (χ4v) is 4.21.